The number of methoxy groups -OCH3 is 1. The Morgan fingerprint density at radius 2 is 2.00 bits per heavy atom. The van der Waals surface area contributed by atoms with Gasteiger partial charge in [0.1, 0.15) is 11.8 Å². The van der Waals surface area contributed by atoms with Crippen molar-refractivity contribution in [1.29, 1.82) is 0 Å². The molecule has 1 fully saturated rings. The van der Waals surface area contributed by atoms with Crippen molar-refractivity contribution in [3.05, 3.63) is 47.8 Å². The summed E-state index contributed by atoms with van der Waals surface area (Å²) in [5, 5.41) is 7.33. The maximum atomic E-state index is 12.9. The molecule has 0 radical (unpaired) electrons. The Morgan fingerprint density at radius 1 is 1.30 bits per heavy atom. The molecule has 0 aliphatic carbocycles. The number of carbonyl (C=O) groups excluding carboxylic acids is 1. The lowest BCUT2D eigenvalue weighted by atomic mass is 9.90. The molecule has 2 heterocycles. The number of hydrogen-bond donors (Lipinski definition) is 1. The summed E-state index contributed by atoms with van der Waals surface area (Å²) in [6, 6.07) is 8.01. The Balaban J connectivity index is 1.48. The molecule has 3 rings (SSSR count). The van der Waals surface area contributed by atoms with Gasteiger partial charge in [-0.15, -0.1) is 0 Å². The van der Waals surface area contributed by atoms with Crippen LogP contribution in [0.5, 0.6) is 5.75 Å². The van der Waals surface area contributed by atoms with Crippen LogP contribution in [-0.2, 0) is 18.3 Å². The quantitative estimate of drug-likeness (QED) is 0.814. The first-order chi connectivity index (χ1) is 13.1. The molecule has 27 heavy (non-hydrogen) atoms. The highest BCUT2D eigenvalue weighted by molar-refractivity contribution is 5.83. The highest BCUT2D eigenvalue weighted by atomic mass is 16.5. The first-order valence-corrected chi connectivity index (χ1v) is 9.68. The molecule has 2 aromatic rings. The Bertz CT molecular complexity index is 733. The van der Waals surface area contributed by atoms with Crippen LogP contribution in [0.3, 0.4) is 0 Å². The molecular weight excluding hydrogens is 340 g/mol. The largest absolute Gasteiger partial charge is 0.497 e. The molecule has 146 valence electrons. The maximum absolute atomic E-state index is 12.9. The van der Waals surface area contributed by atoms with E-state index < -0.39 is 0 Å². The summed E-state index contributed by atoms with van der Waals surface area (Å²) in [4.78, 5) is 14.9. The van der Waals surface area contributed by atoms with Gasteiger partial charge in [0, 0.05) is 31.9 Å². The van der Waals surface area contributed by atoms with Crippen molar-refractivity contribution in [2.24, 2.45) is 13.0 Å². The molecule has 1 aromatic carbocycles. The van der Waals surface area contributed by atoms with Crippen LogP contribution in [0.4, 0.5) is 0 Å². The summed E-state index contributed by atoms with van der Waals surface area (Å²) in [6.45, 7) is 1.68. The average Bonchev–Trinajstić information content (AvgIpc) is 3.13. The van der Waals surface area contributed by atoms with Crippen molar-refractivity contribution in [2.45, 2.75) is 31.7 Å². The molecule has 0 spiro atoms. The lowest BCUT2D eigenvalue weighted by Crippen LogP contribution is -2.44. The molecule has 0 saturated carbocycles. The number of rotatable bonds is 7. The number of aromatic nitrogens is 2. The van der Waals surface area contributed by atoms with Gasteiger partial charge < -0.3 is 15.0 Å². The van der Waals surface area contributed by atoms with Crippen molar-refractivity contribution >= 4 is 5.91 Å². The summed E-state index contributed by atoms with van der Waals surface area (Å²) in [7, 11) is 5.39. The molecule has 6 heteroatoms. The summed E-state index contributed by atoms with van der Waals surface area (Å²) >= 11 is 0. The molecule has 1 N–H and O–H groups in total. The van der Waals surface area contributed by atoms with Crippen LogP contribution in [0.15, 0.2) is 36.7 Å². The molecule has 0 bridgehead atoms. The van der Waals surface area contributed by atoms with Crippen LogP contribution in [0, 0.1) is 5.92 Å². The third kappa shape index (κ3) is 4.89. The fourth-order valence-corrected chi connectivity index (χ4v) is 3.81. The minimum atomic E-state index is -0.311. The maximum Gasteiger partial charge on any atom is 0.244 e. The molecule has 1 aliphatic heterocycles. The topological polar surface area (TPSA) is 59.4 Å². The first kappa shape index (κ1) is 19.4. The van der Waals surface area contributed by atoms with Crippen molar-refractivity contribution in [2.75, 3.05) is 27.2 Å². The van der Waals surface area contributed by atoms with Crippen molar-refractivity contribution < 1.29 is 9.53 Å². The second-order valence-corrected chi connectivity index (χ2v) is 7.32. The van der Waals surface area contributed by atoms with Gasteiger partial charge in [-0.25, -0.2) is 0 Å². The van der Waals surface area contributed by atoms with Gasteiger partial charge in [0.15, 0.2) is 0 Å². The number of amides is 1. The van der Waals surface area contributed by atoms with E-state index in [0.29, 0.717) is 5.92 Å². The fourth-order valence-electron chi connectivity index (χ4n) is 3.81. The van der Waals surface area contributed by atoms with E-state index in [4.69, 9.17) is 4.74 Å². The fraction of sp³-hybridized carbons (Fsp3) is 0.524. The van der Waals surface area contributed by atoms with E-state index >= 15 is 0 Å². The van der Waals surface area contributed by atoms with Gasteiger partial charge >= 0.3 is 0 Å². The normalized spacial score (nSPS) is 16.3. The third-order valence-corrected chi connectivity index (χ3v) is 5.52. The summed E-state index contributed by atoms with van der Waals surface area (Å²) in [5.41, 5.74) is 2.27. The third-order valence-electron chi connectivity index (χ3n) is 5.52. The average molecular weight is 370 g/mol. The van der Waals surface area contributed by atoms with Crippen molar-refractivity contribution in [1.82, 2.24) is 20.0 Å². The highest BCUT2D eigenvalue weighted by Gasteiger charge is 2.29. The number of aryl methyl sites for hydroxylation is 2. The van der Waals surface area contributed by atoms with E-state index in [-0.39, 0.29) is 11.9 Å². The van der Waals surface area contributed by atoms with Gasteiger partial charge in [-0.2, -0.15) is 5.10 Å². The van der Waals surface area contributed by atoms with Crippen LogP contribution < -0.4 is 10.1 Å². The number of carbonyl (C=O) groups is 1. The van der Waals surface area contributed by atoms with Crippen LogP contribution in [-0.4, -0.2) is 47.8 Å². The van der Waals surface area contributed by atoms with E-state index in [1.807, 2.05) is 37.3 Å². The predicted octanol–water partition coefficient (Wildman–Crippen LogP) is 2.56. The van der Waals surface area contributed by atoms with E-state index in [0.717, 1.165) is 43.7 Å². The Morgan fingerprint density at radius 3 is 2.56 bits per heavy atom. The molecule has 1 amide bonds. The van der Waals surface area contributed by atoms with Crippen molar-refractivity contribution in [3.63, 3.8) is 0 Å². The van der Waals surface area contributed by atoms with Crippen LogP contribution in [0.25, 0.3) is 0 Å². The Labute approximate surface area is 161 Å². The van der Waals surface area contributed by atoms with Gasteiger partial charge in [-0.3, -0.25) is 9.48 Å². The molecule has 1 atom stereocenters. The summed E-state index contributed by atoms with van der Waals surface area (Å²) in [5.74, 6) is 1.74. The molecule has 1 unspecified atom stereocenters. The van der Waals surface area contributed by atoms with Crippen LogP contribution in [0.2, 0.25) is 0 Å². The van der Waals surface area contributed by atoms with E-state index in [2.05, 4.69) is 22.5 Å². The summed E-state index contributed by atoms with van der Waals surface area (Å²) < 4.78 is 6.95. The number of likely N-dealkylation sites (N-methyl/N-ethyl adjacent to an activating group) is 1. The molecule has 6 nitrogen and oxygen atoms in total. The number of hydrogen-bond acceptors (Lipinski definition) is 4. The molecule has 1 saturated heterocycles. The molecular formula is C21H30N4O2. The minimum Gasteiger partial charge on any atom is -0.497 e. The van der Waals surface area contributed by atoms with Gasteiger partial charge in [-0.1, -0.05) is 12.1 Å². The number of ether oxygens (including phenoxy) is 1. The van der Waals surface area contributed by atoms with E-state index in [9.17, 15) is 4.79 Å². The highest BCUT2D eigenvalue weighted by Crippen LogP contribution is 2.25. The number of likely N-dealkylation sites (tertiary alicyclic amines) is 1. The van der Waals surface area contributed by atoms with E-state index in [1.54, 1.807) is 18.0 Å². The molecule has 1 aromatic heterocycles. The zero-order valence-corrected chi connectivity index (χ0v) is 16.5. The molecule has 1 aliphatic rings. The zero-order valence-electron chi connectivity index (χ0n) is 16.5. The monoisotopic (exact) mass is 370 g/mol. The smallest absolute Gasteiger partial charge is 0.244 e. The van der Waals surface area contributed by atoms with Gasteiger partial charge in [-0.05, 0) is 56.3 Å². The van der Waals surface area contributed by atoms with Crippen LogP contribution in [0.1, 0.15) is 36.4 Å². The standard InChI is InChI=1S/C21H30N4O2/c1-22-20(18-14-23-24(2)15-18)21(26)25-12-10-17(11-13-25)5-4-16-6-8-19(27-3)9-7-16/h6-9,14-15,17,20,22H,4-5,10-13H2,1-3H3. The van der Waals surface area contributed by atoms with Gasteiger partial charge in [0.2, 0.25) is 5.91 Å². The lowest BCUT2D eigenvalue weighted by molar-refractivity contribution is -0.135. The zero-order chi connectivity index (χ0) is 19.2. The van der Waals surface area contributed by atoms with Gasteiger partial charge in [0.25, 0.3) is 0 Å². The summed E-state index contributed by atoms with van der Waals surface area (Å²) in [6.07, 6.45) is 8.07. The second-order valence-electron chi connectivity index (χ2n) is 7.32. The van der Waals surface area contributed by atoms with E-state index in [1.165, 1.54) is 12.0 Å². The first-order valence-electron chi connectivity index (χ1n) is 9.68. The predicted molar refractivity (Wildman–Crippen MR) is 106 cm³/mol. The number of nitrogens with one attached hydrogen (secondary N) is 1. The van der Waals surface area contributed by atoms with Gasteiger partial charge in [0.05, 0.1) is 13.3 Å². The number of piperidine rings is 1. The minimum absolute atomic E-state index is 0.152. The number of nitrogens with zero attached hydrogens (tertiary/aromatic N) is 3. The SMILES string of the molecule is CNC(C(=O)N1CCC(CCc2ccc(OC)cc2)CC1)c1cnn(C)c1. The Hall–Kier alpha value is -2.34. The second kappa shape index (κ2) is 9.04. The Kier molecular flexibility index (Phi) is 6.50. The van der Waals surface area contributed by atoms with Crippen molar-refractivity contribution in [3.8, 4) is 5.75 Å². The van der Waals surface area contributed by atoms with Crippen LogP contribution >= 0.6 is 0 Å². The lowest BCUT2D eigenvalue weighted by Gasteiger charge is -2.34. The number of benzene rings is 1.